The third-order valence-corrected chi connectivity index (χ3v) is 4.43. The lowest BCUT2D eigenvalue weighted by molar-refractivity contribution is 0.0709. The highest BCUT2D eigenvalue weighted by atomic mass is 16.2. The molecule has 2 aliphatic rings. The number of carbonyl (C=O) groups is 1. The summed E-state index contributed by atoms with van der Waals surface area (Å²) in [4.78, 5) is 17.1. The molecular weight excluding hydrogens is 262 g/mol. The van der Waals surface area contributed by atoms with Crippen LogP contribution in [0.15, 0.2) is 24.3 Å². The molecule has 1 amide bonds. The first-order valence-electron chi connectivity index (χ1n) is 8.06. The number of rotatable bonds is 3. The van der Waals surface area contributed by atoms with Gasteiger partial charge in [-0.2, -0.15) is 0 Å². The molecule has 4 heteroatoms. The molecule has 2 saturated heterocycles. The van der Waals surface area contributed by atoms with E-state index in [-0.39, 0.29) is 5.91 Å². The lowest BCUT2D eigenvalue weighted by Gasteiger charge is -2.32. The molecule has 2 heterocycles. The zero-order valence-corrected chi connectivity index (χ0v) is 12.8. The first-order valence-corrected chi connectivity index (χ1v) is 8.06. The average Bonchev–Trinajstić information content (AvgIpc) is 3.00. The van der Waals surface area contributed by atoms with Crippen LogP contribution in [-0.4, -0.2) is 54.5 Å². The van der Waals surface area contributed by atoms with Gasteiger partial charge in [0.25, 0.3) is 5.91 Å². The second-order valence-electron chi connectivity index (χ2n) is 6.29. The fraction of sp³-hybridized carbons (Fsp3) is 0.588. The number of hydrogen-bond acceptors (Lipinski definition) is 3. The van der Waals surface area contributed by atoms with Gasteiger partial charge in [0.15, 0.2) is 0 Å². The predicted molar refractivity (Wildman–Crippen MR) is 84.3 cm³/mol. The molecule has 0 aromatic heterocycles. The standard InChI is InChI=1S/C17H25N3O/c1-14-12-20(10-7-18-14)17(21)16-6-4-5-15(11-16)13-19-8-2-3-9-19/h4-6,11,14,18H,2-3,7-10,12-13H2,1H3/t14-/m0/s1. The summed E-state index contributed by atoms with van der Waals surface area (Å²) >= 11 is 0. The summed E-state index contributed by atoms with van der Waals surface area (Å²) in [6.07, 6.45) is 2.61. The zero-order valence-electron chi connectivity index (χ0n) is 12.8. The monoisotopic (exact) mass is 287 g/mol. The molecule has 21 heavy (non-hydrogen) atoms. The molecule has 0 unspecified atom stereocenters. The summed E-state index contributed by atoms with van der Waals surface area (Å²) in [6, 6.07) is 8.56. The number of nitrogens with zero attached hydrogens (tertiary/aromatic N) is 2. The second kappa shape index (κ2) is 6.58. The Bertz CT molecular complexity index is 497. The Morgan fingerprint density at radius 2 is 2.10 bits per heavy atom. The van der Waals surface area contributed by atoms with Crippen LogP contribution in [0, 0.1) is 0 Å². The van der Waals surface area contributed by atoms with Crippen LogP contribution >= 0.6 is 0 Å². The molecule has 0 radical (unpaired) electrons. The predicted octanol–water partition coefficient (Wildman–Crippen LogP) is 1.72. The van der Waals surface area contributed by atoms with E-state index in [1.165, 1.54) is 31.5 Å². The first-order chi connectivity index (χ1) is 10.2. The van der Waals surface area contributed by atoms with E-state index in [0.29, 0.717) is 6.04 Å². The highest BCUT2D eigenvalue weighted by Crippen LogP contribution is 2.15. The lowest BCUT2D eigenvalue weighted by Crippen LogP contribution is -2.51. The number of amides is 1. The summed E-state index contributed by atoms with van der Waals surface area (Å²) in [7, 11) is 0. The molecule has 0 saturated carbocycles. The average molecular weight is 287 g/mol. The second-order valence-corrected chi connectivity index (χ2v) is 6.29. The third kappa shape index (κ3) is 3.63. The molecule has 114 valence electrons. The van der Waals surface area contributed by atoms with Gasteiger partial charge >= 0.3 is 0 Å². The molecule has 1 N–H and O–H groups in total. The summed E-state index contributed by atoms with van der Waals surface area (Å²) in [5, 5.41) is 3.38. The lowest BCUT2D eigenvalue weighted by atomic mass is 10.1. The van der Waals surface area contributed by atoms with Gasteiger partial charge < -0.3 is 10.2 Å². The van der Waals surface area contributed by atoms with E-state index in [2.05, 4.69) is 29.3 Å². The van der Waals surface area contributed by atoms with Crippen LogP contribution in [0.3, 0.4) is 0 Å². The van der Waals surface area contributed by atoms with Gasteiger partial charge in [-0.1, -0.05) is 12.1 Å². The maximum atomic E-state index is 12.6. The van der Waals surface area contributed by atoms with Gasteiger partial charge in [-0.25, -0.2) is 0 Å². The van der Waals surface area contributed by atoms with E-state index in [1.807, 2.05) is 17.0 Å². The third-order valence-electron chi connectivity index (χ3n) is 4.43. The number of likely N-dealkylation sites (tertiary alicyclic amines) is 1. The fourth-order valence-electron chi connectivity index (χ4n) is 3.30. The van der Waals surface area contributed by atoms with Crippen LogP contribution in [0.1, 0.15) is 35.7 Å². The normalized spacial score (nSPS) is 23.5. The van der Waals surface area contributed by atoms with Gasteiger partial charge in [-0.3, -0.25) is 9.69 Å². The number of carbonyl (C=O) groups excluding carboxylic acids is 1. The van der Waals surface area contributed by atoms with Crippen LogP contribution in [0.2, 0.25) is 0 Å². The zero-order chi connectivity index (χ0) is 14.7. The van der Waals surface area contributed by atoms with Gasteiger partial charge in [0.2, 0.25) is 0 Å². The SMILES string of the molecule is C[C@H]1CN(C(=O)c2cccc(CN3CCCC3)c2)CCN1. The van der Waals surface area contributed by atoms with Gasteiger partial charge in [0.1, 0.15) is 0 Å². The summed E-state index contributed by atoms with van der Waals surface area (Å²) in [6.45, 7) is 7.97. The Kier molecular flexibility index (Phi) is 4.56. The molecule has 2 aliphatic heterocycles. The van der Waals surface area contributed by atoms with Crippen molar-refractivity contribution in [2.24, 2.45) is 0 Å². The molecule has 1 aromatic carbocycles. The minimum atomic E-state index is 0.173. The fourth-order valence-corrected chi connectivity index (χ4v) is 3.30. The molecule has 4 nitrogen and oxygen atoms in total. The molecule has 0 aliphatic carbocycles. The Morgan fingerprint density at radius 1 is 1.29 bits per heavy atom. The van der Waals surface area contributed by atoms with Crippen molar-refractivity contribution in [3.05, 3.63) is 35.4 Å². The maximum absolute atomic E-state index is 12.6. The highest BCUT2D eigenvalue weighted by Gasteiger charge is 2.22. The van der Waals surface area contributed by atoms with E-state index in [1.54, 1.807) is 0 Å². The van der Waals surface area contributed by atoms with Crippen LogP contribution in [-0.2, 0) is 6.54 Å². The smallest absolute Gasteiger partial charge is 0.253 e. The van der Waals surface area contributed by atoms with Crippen molar-refractivity contribution in [1.82, 2.24) is 15.1 Å². The van der Waals surface area contributed by atoms with Gasteiger partial charge in [-0.15, -0.1) is 0 Å². The van der Waals surface area contributed by atoms with E-state index in [0.717, 1.165) is 31.7 Å². The first kappa shape index (κ1) is 14.5. The molecule has 1 aromatic rings. The molecular formula is C17H25N3O. The minimum Gasteiger partial charge on any atom is -0.336 e. The van der Waals surface area contributed by atoms with Gasteiger partial charge in [-0.05, 0) is 50.6 Å². The van der Waals surface area contributed by atoms with Crippen molar-refractivity contribution < 1.29 is 4.79 Å². The van der Waals surface area contributed by atoms with Gasteiger partial charge in [0.05, 0.1) is 0 Å². The number of nitrogens with one attached hydrogen (secondary N) is 1. The van der Waals surface area contributed by atoms with Crippen LogP contribution < -0.4 is 5.32 Å². The highest BCUT2D eigenvalue weighted by molar-refractivity contribution is 5.94. The van der Waals surface area contributed by atoms with Crippen molar-refractivity contribution in [3.8, 4) is 0 Å². The molecule has 2 fully saturated rings. The molecule has 3 rings (SSSR count). The molecule has 0 spiro atoms. The van der Waals surface area contributed by atoms with E-state index in [4.69, 9.17) is 0 Å². The number of piperazine rings is 1. The van der Waals surface area contributed by atoms with Crippen molar-refractivity contribution in [2.45, 2.75) is 32.4 Å². The Hall–Kier alpha value is -1.39. The largest absolute Gasteiger partial charge is 0.336 e. The van der Waals surface area contributed by atoms with Crippen molar-refractivity contribution in [2.75, 3.05) is 32.7 Å². The Morgan fingerprint density at radius 3 is 2.86 bits per heavy atom. The van der Waals surface area contributed by atoms with Crippen molar-refractivity contribution >= 4 is 5.91 Å². The van der Waals surface area contributed by atoms with Crippen LogP contribution in [0.4, 0.5) is 0 Å². The maximum Gasteiger partial charge on any atom is 0.253 e. The van der Waals surface area contributed by atoms with Gasteiger partial charge in [0, 0.05) is 37.8 Å². The van der Waals surface area contributed by atoms with Crippen LogP contribution in [0.5, 0.6) is 0 Å². The summed E-state index contributed by atoms with van der Waals surface area (Å²) in [5.41, 5.74) is 2.09. The van der Waals surface area contributed by atoms with E-state index < -0.39 is 0 Å². The molecule has 0 bridgehead atoms. The van der Waals surface area contributed by atoms with Crippen LogP contribution in [0.25, 0.3) is 0 Å². The molecule has 1 atom stereocenters. The summed E-state index contributed by atoms with van der Waals surface area (Å²) in [5.74, 6) is 0.173. The number of benzene rings is 1. The minimum absolute atomic E-state index is 0.173. The topological polar surface area (TPSA) is 35.6 Å². The van der Waals surface area contributed by atoms with Crippen molar-refractivity contribution in [1.29, 1.82) is 0 Å². The summed E-state index contributed by atoms with van der Waals surface area (Å²) < 4.78 is 0. The Labute approximate surface area is 127 Å². The number of hydrogen-bond donors (Lipinski definition) is 1. The Balaban J connectivity index is 1.68. The van der Waals surface area contributed by atoms with E-state index in [9.17, 15) is 4.79 Å². The van der Waals surface area contributed by atoms with Crippen molar-refractivity contribution in [3.63, 3.8) is 0 Å². The van der Waals surface area contributed by atoms with E-state index >= 15 is 0 Å². The quantitative estimate of drug-likeness (QED) is 0.919.